The van der Waals surface area contributed by atoms with Crippen LogP contribution in [0, 0.1) is 17.0 Å². The van der Waals surface area contributed by atoms with Gasteiger partial charge in [-0.05, 0) is 63.3 Å². The number of methoxy groups -OCH3 is 1. The van der Waals surface area contributed by atoms with Gasteiger partial charge in [-0.15, -0.1) is 0 Å². The Labute approximate surface area is 169 Å². The van der Waals surface area contributed by atoms with Gasteiger partial charge in [-0.3, -0.25) is 14.9 Å². The fourth-order valence-electron chi connectivity index (χ4n) is 3.66. The molecule has 0 amide bonds. The lowest BCUT2D eigenvalue weighted by Crippen LogP contribution is -2.14. The predicted octanol–water partition coefficient (Wildman–Crippen LogP) is 4.45. The molecule has 0 bridgehead atoms. The Hall–Kier alpha value is -2.93. The van der Waals surface area contributed by atoms with Crippen LogP contribution < -0.4 is 10.2 Å². The van der Waals surface area contributed by atoms with Crippen LogP contribution in [0.15, 0.2) is 45.1 Å². The van der Waals surface area contributed by atoms with Crippen LogP contribution in [-0.4, -0.2) is 23.7 Å². The first-order chi connectivity index (χ1) is 13.7. The van der Waals surface area contributed by atoms with Crippen molar-refractivity contribution in [2.45, 2.75) is 51.7 Å². The highest BCUT2D eigenvalue weighted by Gasteiger charge is 2.52. The van der Waals surface area contributed by atoms with E-state index in [4.69, 9.17) is 13.9 Å². The molecule has 1 aromatic heterocycles. The van der Waals surface area contributed by atoms with Gasteiger partial charge in [0.05, 0.1) is 23.7 Å². The van der Waals surface area contributed by atoms with Gasteiger partial charge in [0.25, 0.3) is 11.6 Å². The van der Waals surface area contributed by atoms with E-state index >= 15 is 0 Å². The molecule has 7 nitrogen and oxygen atoms in total. The summed E-state index contributed by atoms with van der Waals surface area (Å²) in [5, 5.41) is 10.8. The van der Waals surface area contributed by atoms with Crippen LogP contribution in [0.4, 0.5) is 5.69 Å². The number of ether oxygens (including phenoxy) is 2. The summed E-state index contributed by atoms with van der Waals surface area (Å²) in [6.45, 7) is 5.84. The van der Waals surface area contributed by atoms with E-state index in [1.165, 1.54) is 25.3 Å². The van der Waals surface area contributed by atoms with Gasteiger partial charge in [0.15, 0.2) is 5.43 Å². The summed E-state index contributed by atoms with van der Waals surface area (Å²) in [6, 6.07) is 7.82. The molecule has 1 aromatic carbocycles. The lowest BCUT2D eigenvalue weighted by atomic mass is 9.94. The van der Waals surface area contributed by atoms with Crippen LogP contribution in [0.2, 0.25) is 0 Å². The van der Waals surface area contributed by atoms with Gasteiger partial charge < -0.3 is 13.9 Å². The molecule has 3 rings (SSSR count). The van der Waals surface area contributed by atoms with Crippen LogP contribution >= 0.6 is 0 Å². The van der Waals surface area contributed by atoms with Crippen molar-refractivity contribution in [3.8, 4) is 5.95 Å². The third kappa shape index (κ3) is 4.74. The van der Waals surface area contributed by atoms with E-state index < -0.39 is 4.92 Å². The average Bonchev–Trinajstić information content (AvgIpc) is 3.36. The zero-order valence-corrected chi connectivity index (χ0v) is 17.1. The van der Waals surface area contributed by atoms with Crippen molar-refractivity contribution in [1.29, 1.82) is 0 Å². The van der Waals surface area contributed by atoms with Crippen LogP contribution in [0.1, 0.15) is 43.6 Å². The molecule has 0 spiro atoms. The molecule has 2 atom stereocenters. The SMILES string of the molecule is COc1cc(=O)c(CCC[C@@]2(C)O[C@@H]2/C(C)=C/c2ccc([N+](=O)[O-])cc2)c(C)o1. The maximum atomic E-state index is 12.2. The van der Waals surface area contributed by atoms with E-state index in [2.05, 4.69) is 6.92 Å². The molecule has 0 aliphatic carbocycles. The maximum absolute atomic E-state index is 12.2. The highest BCUT2D eigenvalue weighted by molar-refractivity contribution is 5.56. The minimum atomic E-state index is -0.410. The van der Waals surface area contributed by atoms with Crippen LogP contribution in [0.3, 0.4) is 0 Å². The van der Waals surface area contributed by atoms with E-state index in [1.807, 2.05) is 13.0 Å². The molecule has 29 heavy (non-hydrogen) atoms. The van der Waals surface area contributed by atoms with Gasteiger partial charge in [-0.25, -0.2) is 0 Å². The summed E-state index contributed by atoms with van der Waals surface area (Å²) in [7, 11) is 1.47. The molecule has 154 valence electrons. The number of rotatable bonds is 8. The third-order valence-corrected chi connectivity index (χ3v) is 5.32. The first kappa shape index (κ1) is 20.8. The Morgan fingerprint density at radius 1 is 1.34 bits per heavy atom. The van der Waals surface area contributed by atoms with Gasteiger partial charge in [-0.2, -0.15) is 0 Å². The van der Waals surface area contributed by atoms with Crippen molar-refractivity contribution >= 4 is 11.8 Å². The summed E-state index contributed by atoms with van der Waals surface area (Å²) < 4.78 is 16.4. The van der Waals surface area contributed by atoms with Crippen molar-refractivity contribution in [1.82, 2.24) is 0 Å². The van der Waals surface area contributed by atoms with Gasteiger partial charge >= 0.3 is 0 Å². The average molecular weight is 399 g/mol. The fourth-order valence-corrected chi connectivity index (χ4v) is 3.66. The van der Waals surface area contributed by atoms with E-state index in [-0.39, 0.29) is 28.8 Å². The van der Waals surface area contributed by atoms with Crippen LogP contribution in [0.5, 0.6) is 5.95 Å². The highest BCUT2D eigenvalue weighted by Crippen LogP contribution is 2.45. The molecule has 0 saturated carbocycles. The molecule has 0 N–H and O–H groups in total. The molecule has 0 radical (unpaired) electrons. The number of hydrogen-bond donors (Lipinski definition) is 0. The van der Waals surface area contributed by atoms with Gasteiger partial charge in [0, 0.05) is 17.7 Å². The minimum absolute atomic E-state index is 0.00562. The Morgan fingerprint density at radius 3 is 2.62 bits per heavy atom. The molecule has 1 fully saturated rings. The molecule has 7 heteroatoms. The second-order valence-electron chi connectivity index (χ2n) is 7.57. The van der Waals surface area contributed by atoms with E-state index in [0.717, 1.165) is 24.0 Å². The largest absolute Gasteiger partial charge is 0.468 e. The quantitative estimate of drug-likeness (QED) is 0.370. The zero-order chi connectivity index (χ0) is 21.2. The summed E-state index contributed by atoms with van der Waals surface area (Å²) in [6.07, 6.45) is 4.23. The number of aryl methyl sites for hydroxylation is 1. The number of hydrogen-bond acceptors (Lipinski definition) is 6. The summed E-state index contributed by atoms with van der Waals surface area (Å²) in [4.78, 5) is 22.6. The van der Waals surface area contributed by atoms with Crippen molar-refractivity contribution in [3.63, 3.8) is 0 Å². The summed E-state index contributed by atoms with van der Waals surface area (Å²) >= 11 is 0. The number of epoxide rings is 1. The second-order valence-corrected chi connectivity index (χ2v) is 7.57. The summed E-state index contributed by atoms with van der Waals surface area (Å²) in [5.41, 5.74) is 2.38. The molecule has 1 saturated heterocycles. The van der Waals surface area contributed by atoms with Crippen LogP contribution in [-0.2, 0) is 11.2 Å². The number of nitro benzene ring substituents is 1. The number of non-ortho nitro benzene ring substituents is 1. The topological polar surface area (TPSA) is 95.1 Å². The normalized spacial score (nSPS) is 21.1. The fraction of sp³-hybridized carbons (Fsp3) is 0.409. The number of benzene rings is 1. The second kappa shape index (κ2) is 8.21. The van der Waals surface area contributed by atoms with Crippen molar-refractivity contribution < 1.29 is 18.8 Å². The Morgan fingerprint density at radius 2 is 2.03 bits per heavy atom. The van der Waals surface area contributed by atoms with Gasteiger partial charge in [-0.1, -0.05) is 6.08 Å². The lowest BCUT2D eigenvalue weighted by Gasteiger charge is -2.09. The minimum Gasteiger partial charge on any atom is -0.468 e. The third-order valence-electron chi connectivity index (χ3n) is 5.32. The number of nitrogens with zero attached hydrogens (tertiary/aromatic N) is 1. The Bertz CT molecular complexity index is 991. The van der Waals surface area contributed by atoms with Crippen molar-refractivity contribution in [2.24, 2.45) is 0 Å². The Balaban J connectivity index is 1.58. The molecular formula is C22H25NO6. The molecule has 0 unspecified atom stereocenters. The van der Waals surface area contributed by atoms with Crippen LogP contribution in [0.25, 0.3) is 6.08 Å². The maximum Gasteiger partial charge on any atom is 0.288 e. The predicted molar refractivity (Wildman–Crippen MR) is 109 cm³/mol. The first-order valence-electron chi connectivity index (χ1n) is 9.51. The smallest absolute Gasteiger partial charge is 0.288 e. The molecular weight excluding hydrogens is 374 g/mol. The lowest BCUT2D eigenvalue weighted by molar-refractivity contribution is -0.384. The van der Waals surface area contributed by atoms with Crippen molar-refractivity contribution in [3.05, 3.63) is 73.1 Å². The van der Waals surface area contributed by atoms with Gasteiger partial charge in [0.1, 0.15) is 11.9 Å². The zero-order valence-electron chi connectivity index (χ0n) is 17.1. The van der Waals surface area contributed by atoms with Gasteiger partial charge in [0.2, 0.25) is 0 Å². The van der Waals surface area contributed by atoms with Crippen molar-refractivity contribution in [2.75, 3.05) is 7.11 Å². The summed E-state index contributed by atoms with van der Waals surface area (Å²) in [5.74, 6) is 0.808. The Kier molecular flexibility index (Phi) is 5.88. The van der Waals surface area contributed by atoms with E-state index in [9.17, 15) is 14.9 Å². The molecule has 2 aromatic rings. The van der Waals surface area contributed by atoms with E-state index in [0.29, 0.717) is 17.7 Å². The standard InChI is InChI=1S/C22H25NO6/c1-14(12-16-7-9-17(10-8-16)23(25)26)21-22(3,29-21)11-5-6-18-15(2)28-20(27-4)13-19(18)24/h7-10,12-13,21H,5-6,11H2,1-4H3/b14-12+/t21-,22-/m1/s1. The number of nitro groups is 1. The highest BCUT2D eigenvalue weighted by atomic mass is 16.6. The monoisotopic (exact) mass is 399 g/mol. The van der Waals surface area contributed by atoms with E-state index in [1.54, 1.807) is 19.1 Å². The molecule has 2 heterocycles. The molecule has 1 aliphatic rings. The first-order valence-corrected chi connectivity index (χ1v) is 9.51. The molecule has 1 aliphatic heterocycles.